The lowest BCUT2D eigenvalue weighted by atomic mass is 9.81. The number of hydrogen-bond donors (Lipinski definition) is 1. The molecule has 0 aromatic heterocycles. The molecule has 22 heavy (non-hydrogen) atoms. The largest absolute Gasteiger partial charge is 0.508 e. The molecule has 0 aliphatic rings. The first-order chi connectivity index (χ1) is 10.2. The van der Waals surface area contributed by atoms with Gasteiger partial charge in [0.05, 0.1) is 0 Å². The molecule has 0 aliphatic heterocycles. The summed E-state index contributed by atoms with van der Waals surface area (Å²) in [6.07, 6.45) is 1.05. The van der Waals surface area contributed by atoms with Crippen LogP contribution in [-0.4, -0.2) is 33.9 Å². The van der Waals surface area contributed by atoms with Gasteiger partial charge in [-0.1, -0.05) is 32.9 Å². The minimum Gasteiger partial charge on any atom is -0.508 e. The first-order valence-electron chi connectivity index (χ1n) is 7.98. The zero-order chi connectivity index (χ0) is 16.9. The number of phenolic OH excluding ortho intramolecular Hbond substituents is 1. The van der Waals surface area contributed by atoms with Crippen molar-refractivity contribution in [3.63, 3.8) is 0 Å². The lowest BCUT2D eigenvalue weighted by Gasteiger charge is -2.27. The molecule has 0 fully saturated rings. The molecule has 2 unspecified atom stereocenters. The summed E-state index contributed by atoms with van der Waals surface area (Å²) in [6.45, 7) is 12.7. The van der Waals surface area contributed by atoms with E-state index in [0.717, 1.165) is 25.1 Å². The van der Waals surface area contributed by atoms with Crippen LogP contribution >= 0.6 is 23.2 Å². The minimum atomic E-state index is 0.0489. The zero-order valence-corrected chi connectivity index (χ0v) is 15.9. The molecule has 0 heterocycles. The smallest absolute Gasteiger partial charge is 0.120 e. The van der Waals surface area contributed by atoms with Gasteiger partial charge in [0.25, 0.3) is 0 Å². The molecule has 0 radical (unpaired) electrons. The highest BCUT2D eigenvalue weighted by molar-refractivity contribution is 6.21. The average Bonchev–Trinajstić information content (AvgIpc) is 2.39. The van der Waals surface area contributed by atoms with Gasteiger partial charge in [0, 0.05) is 36.0 Å². The van der Waals surface area contributed by atoms with Gasteiger partial charge in [0.1, 0.15) is 5.75 Å². The topological polar surface area (TPSA) is 23.5 Å². The fourth-order valence-corrected chi connectivity index (χ4v) is 2.88. The van der Waals surface area contributed by atoms with E-state index in [2.05, 4.69) is 31.7 Å². The third-order valence-corrected chi connectivity index (χ3v) is 4.43. The van der Waals surface area contributed by atoms with E-state index in [4.69, 9.17) is 23.2 Å². The van der Waals surface area contributed by atoms with E-state index in [0.29, 0.717) is 12.3 Å². The van der Waals surface area contributed by atoms with Crippen molar-refractivity contribution in [1.29, 1.82) is 0 Å². The van der Waals surface area contributed by atoms with Gasteiger partial charge in [-0.05, 0) is 37.3 Å². The van der Waals surface area contributed by atoms with Crippen molar-refractivity contribution in [2.45, 2.75) is 63.8 Å². The van der Waals surface area contributed by atoms with Crippen LogP contribution in [0.4, 0.5) is 0 Å². The molecular weight excluding hydrogens is 317 g/mol. The first-order valence-corrected chi connectivity index (χ1v) is 8.86. The predicted octanol–water partition coefficient (Wildman–Crippen LogP) is 5.14. The summed E-state index contributed by atoms with van der Waals surface area (Å²) in [5.74, 6) is 0.338. The predicted molar refractivity (Wildman–Crippen MR) is 97.3 cm³/mol. The summed E-state index contributed by atoms with van der Waals surface area (Å²) in [5.41, 5.74) is 2.29. The van der Waals surface area contributed by atoms with E-state index < -0.39 is 0 Å². The van der Waals surface area contributed by atoms with E-state index in [-0.39, 0.29) is 16.2 Å². The van der Waals surface area contributed by atoms with Crippen LogP contribution in [0.2, 0.25) is 0 Å². The van der Waals surface area contributed by atoms with Crippen molar-refractivity contribution >= 4 is 23.2 Å². The van der Waals surface area contributed by atoms with Crippen LogP contribution in [0.1, 0.15) is 52.2 Å². The number of phenols is 1. The Labute approximate surface area is 145 Å². The Bertz CT molecular complexity index is 462. The Morgan fingerprint density at radius 1 is 1.14 bits per heavy atom. The van der Waals surface area contributed by atoms with Crippen LogP contribution < -0.4 is 0 Å². The fraction of sp³-hybridized carbons (Fsp3) is 0.667. The van der Waals surface area contributed by atoms with Crippen molar-refractivity contribution in [1.82, 2.24) is 4.90 Å². The van der Waals surface area contributed by atoms with Gasteiger partial charge in [-0.25, -0.2) is 0 Å². The highest BCUT2D eigenvalue weighted by Crippen LogP contribution is 2.31. The molecule has 0 saturated carbocycles. The van der Waals surface area contributed by atoms with E-state index in [1.54, 1.807) is 6.07 Å². The van der Waals surface area contributed by atoms with Crippen LogP contribution in [0.5, 0.6) is 5.75 Å². The van der Waals surface area contributed by atoms with Gasteiger partial charge in [-0.15, -0.1) is 23.2 Å². The van der Waals surface area contributed by atoms with Crippen LogP contribution in [0.25, 0.3) is 0 Å². The van der Waals surface area contributed by atoms with Gasteiger partial charge < -0.3 is 5.11 Å². The van der Waals surface area contributed by atoms with E-state index in [1.165, 1.54) is 5.56 Å². The number of alkyl halides is 2. The second-order valence-corrected chi connectivity index (χ2v) is 8.33. The number of rotatable bonds is 8. The van der Waals surface area contributed by atoms with E-state index in [9.17, 15) is 5.11 Å². The summed E-state index contributed by atoms with van der Waals surface area (Å²) in [4.78, 5) is 2.20. The Hall–Kier alpha value is -0.440. The van der Waals surface area contributed by atoms with Crippen molar-refractivity contribution in [3.8, 4) is 5.75 Å². The standard InChI is InChI=1S/C18H29Cl2NO/c1-6-18(4,5)16-7-8-17(22)15(9-16)12-21(10-13(2)19)11-14(3)20/h7-9,13-14,22H,6,10-12H2,1-5H3. The van der Waals surface area contributed by atoms with Gasteiger partial charge in [-0.2, -0.15) is 0 Å². The summed E-state index contributed by atoms with van der Waals surface area (Å²) in [5, 5.41) is 10.3. The molecule has 2 atom stereocenters. The summed E-state index contributed by atoms with van der Waals surface area (Å²) in [6, 6.07) is 5.93. The van der Waals surface area contributed by atoms with E-state index in [1.807, 2.05) is 19.9 Å². The molecule has 0 spiro atoms. The van der Waals surface area contributed by atoms with Gasteiger partial charge in [0.15, 0.2) is 0 Å². The fourth-order valence-electron chi connectivity index (χ4n) is 2.49. The number of benzene rings is 1. The summed E-state index contributed by atoms with van der Waals surface area (Å²) < 4.78 is 0. The van der Waals surface area contributed by atoms with Gasteiger partial charge in [0.2, 0.25) is 0 Å². The maximum atomic E-state index is 10.2. The highest BCUT2D eigenvalue weighted by atomic mass is 35.5. The third-order valence-electron chi connectivity index (χ3n) is 4.16. The molecule has 2 nitrogen and oxygen atoms in total. The Morgan fingerprint density at radius 3 is 2.14 bits per heavy atom. The lowest BCUT2D eigenvalue weighted by Crippen LogP contribution is -2.33. The van der Waals surface area contributed by atoms with Crippen LogP contribution in [0, 0.1) is 0 Å². The SMILES string of the molecule is CCC(C)(C)c1ccc(O)c(CN(CC(C)Cl)CC(C)Cl)c1. The average molecular weight is 346 g/mol. The maximum Gasteiger partial charge on any atom is 0.120 e. The summed E-state index contributed by atoms with van der Waals surface area (Å²) in [7, 11) is 0. The molecule has 4 heteroatoms. The molecule has 0 saturated heterocycles. The number of hydrogen-bond acceptors (Lipinski definition) is 2. The summed E-state index contributed by atoms with van der Waals surface area (Å²) >= 11 is 12.3. The molecular formula is C18H29Cl2NO. The van der Waals surface area contributed by atoms with Crippen molar-refractivity contribution < 1.29 is 5.11 Å². The molecule has 1 aromatic carbocycles. The molecule has 1 N–H and O–H groups in total. The molecule has 0 bridgehead atoms. The van der Waals surface area contributed by atoms with Crippen LogP contribution in [0.3, 0.4) is 0 Å². The van der Waals surface area contributed by atoms with Crippen LogP contribution in [-0.2, 0) is 12.0 Å². The zero-order valence-electron chi connectivity index (χ0n) is 14.4. The Kier molecular flexibility index (Phi) is 7.51. The van der Waals surface area contributed by atoms with Gasteiger partial charge >= 0.3 is 0 Å². The van der Waals surface area contributed by atoms with Crippen molar-refractivity contribution in [3.05, 3.63) is 29.3 Å². The Morgan fingerprint density at radius 2 is 1.68 bits per heavy atom. The third kappa shape index (κ3) is 5.98. The number of aromatic hydroxyl groups is 1. The molecule has 0 aliphatic carbocycles. The van der Waals surface area contributed by atoms with Gasteiger partial charge in [-0.3, -0.25) is 4.90 Å². The van der Waals surface area contributed by atoms with Crippen molar-refractivity contribution in [2.24, 2.45) is 0 Å². The molecule has 0 amide bonds. The second-order valence-electron chi connectivity index (χ2n) is 6.84. The quantitative estimate of drug-likeness (QED) is 0.659. The number of nitrogens with zero attached hydrogens (tertiary/aromatic N) is 1. The highest BCUT2D eigenvalue weighted by Gasteiger charge is 2.20. The lowest BCUT2D eigenvalue weighted by molar-refractivity contribution is 0.266. The van der Waals surface area contributed by atoms with Crippen molar-refractivity contribution in [2.75, 3.05) is 13.1 Å². The molecule has 126 valence electrons. The monoisotopic (exact) mass is 345 g/mol. The van der Waals surface area contributed by atoms with Crippen LogP contribution in [0.15, 0.2) is 18.2 Å². The minimum absolute atomic E-state index is 0.0489. The second kappa shape index (κ2) is 8.42. The number of halogens is 2. The molecule has 1 aromatic rings. The first kappa shape index (κ1) is 19.6. The normalized spacial score (nSPS) is 15.1. The molecule has 1 rings (SSSR count). The Balaban J connectivity index is 3.00. The van der Waals surface area contributed by atoms with E-state index >= 15 is 0 Å². The maximum absolute atomic E-state index is 10.2.